The van der Waals surface area contributed by atoms with Crippen LogP contribution < -0.4 is 15.4 Å². The Kier molecular flexibility index (Phi) is 6.51. The van der Waals surface area contributed by atoms with E-state index in [4.69, 9.17) is 27.9 Å². The first kappa shape index (κ1) is 20.1. The van der Waals surface area contributed by atoms with E-state index in [0.717, 1.165) is 5.56 Å². The van der Waals surface area contributed by atoms with Gasteiger partial charge in [0.1, 0.15) is 11.2 Å². The summed E-state index contributed by atoms with van der Waals surface area (Å²) >= 11 is 11.8. The Bertz CT molecular complexity index is 805. The molecule has 0 unspecified atom stereocenters. The largest absolute Gasteiger partial charge is 0.495 e. The molecule has 26 heavy (non-hydrogen) atoms. The van der Waals surface area contributed by atoms with Crippen molar-refractivity contribution in [2.45, 2.75) is 20.4 Å². The molecule has 0 aliphatic carbocycles. The minimum absolute atomic E-state index is 0.299. The number of nitrogens with one attached hydrogen (secondary N) is 2. The zero-order valence-corrected chi connectivity index (χ0v) is 16.2. The summed E-state index contributed by atoms with van der Waals surface area (Å²) in [6.07, 6.45) is 0. The molecule has 0 saturated carbocycles. The number of methoxy groups -OCH3 is 1. The number of rotatable bonds is 6. The van der Waals surface area contributed by atoms with Crippen molar-refractivity contribution in [3.63, 3.8) is 0 Å². The normalized spacial score (nSPS) is 11.0. The van der Waals surface area contributed by atoms with Gasteiger partial charge in [0.25, 0.3) is 0 Å². The molecule has 138 valence electrons. The Morgan fingerprint density at radius 2 is 1.62 bits per heavy atom. The third-order valence-corrected chi connectivity index (χ3v) is 4.40. The molecule has 2 aromatic carbocycles. The van der Waals surface area contributed by atoms with Crippen LogP contribution in [0.15, 0.2) is 42.5 Å². The van der Waals surface area contributed by atoms with Crippen molar-refractivity contribution < 1.29 is 14.3 Å². The monoisotopic (exact) mass is 394 g/mol. The summed E-state index contributed by atoms with van der Waals surface area (Å²) in [5.74, 6) is -0.405. The third-order valence-electron chi connectivity index (χ3n) is 3.91. The number of halogens is 2. The Morgan fingerprint density at radius 1 is 1.00 bits per heavy atom. The van der Waals surface area contributed by atoms with Gasteiger partial charge in [0.15, 0.2) is 0 Å². The van der Waals surface area contributed by atoms with Gasteiger partial charge in [-0.3, -0.25) is 9.59 Å². The van der Waals surface area contributed by atoms with Crippen LogP contribution in [0.1, 0.15) is 19.4 Å². The lowest BCUT2D eigenvalue weighted by molar-refractivity contribution is -0.138. The Labute approximate surface area is 162 Å². The molecular weight excluding hydrogens is 375 g/mol. The number of anilines is 1. The van der Waals surface area contributed by atoms with Gasteiger partial charge in [-0.2, -0.15) is 0 Å². The first-order chi connectivity index (χ1) is 12.2. The van der Waals surface area contributed by atoms with Crippen molar-refractivity contribution in [3.05, 3.63) is 58.1 Å². The summed E-state index contributed by atoms with van der Waals surface area (Å²) in [5, 5.41) is 6.54. The standard InChI is InChI=1S/C19H20Cl2N2O3/c1-19(2,17(24)22-11-12-4-6-13(20)7-5-12)18(25)23-15-10-14(21)8-9-16(15)26-3/h4-10H,11H2,1-3H3,(H,22,24)(H,23,25). The highest BCUT2D eigenvalue weighted by atomic mass is 35.5. The van der Waals surface area contributed by atoms with Crippen LogP contribution >= 0.6 is 23.2 Å². The van der Waals surface area contributed by atoms with Gasteiger partial charge < -0.3 is 15.4 Å². The highest BCUT2D eigenvalue weighted by Gasteiger charge is 2.36. The molecule has 0 bridgehead atoms. The molecular formula is C19H20Cl2N2O3. The highest BCUT2D eigenvalue weighted by molar-refractivity contribution is 6.31. The molecule has 0 radical (unpaired) electrons. The van der Waals surface area contributed by atoms with Crippen molar-refractivity contribution in [1.29, 1.82) is 0 Å². The van der Waals surface area contributed by atoms with E-state index in [-0.39, 0.29) is 0 Å². The smallest absolute Gasteiger partial charge is 0.239 e. The van der Waals surface area contributed by atoms with Crippen LogP contribution in [-0.2, 0) is 16.1 Å². The van der Waals surface area contributed by atoms with E-state index in [1.807, 2.05) is 12.1 Å². The zero-order chi connectivity index (χ0) is 19.3. The topological polar surface area (TPSA) is 67.4 Å². The van der Waals surface area contributed by atoms with E-state index in [2.05, 4.69) is 10.6 Å². The Balaban J connectivity index is 2.05. The second-order valence-corrected chi connectivity index (χ2v) is 7.11. The molecule has 0 spiro atoms. The first-order valence-electron chi connectivity index (χ1n) is 7.92. The van der Waals surface area contributed by atoms with Crippen LogP contribution in [0.5, 0.6) is 5.75 Å². The minimum Gasteiger partial charge on any atom is -0.495 e. The fourth-order valence-electron chi connectivity index (χ4n) is 2.17. The van der Waals surface area contributed by atoms with E-state index in [1.165, 1.54) is 7.11 Å². The van der Waals surface area contributed by atoms with Crippen LogP contribution in [-0.4, -0.2) is 18.9 Å². The molecule has 5 nitrogen and oxygen atoms in total. The van der Waals surface area contributed by atoms with E-state index in [1.54, 1.807) is 44.2 Å². The van der Waals surface area contributed by atoms with Gasteiger partial charge in [-0.15, -0.1) is 0 Å². The van der Waals surface area contributed by atoms with Gasteiger partial charge in [0.2, 0.25) is 11.8 Å². The summed E-state index contributed by atoms with van der Waals surface area (Å²) in [7, 11) is 1.49. The highest BCUT2D eigenvalue weighted by Crippen LogP contribution is 2.29. The molecule has 0 aliphatic heterocycles. The lowest BCUT2D eigenvalue weighted by Crippen LogP contribution is -2.44. The van der Waals surface area contributed by atoms with Crippen molar-refractivity contribution in [2.75, 3.05) is 12.4 Å². The lowest BCUT2D eigenvalue weighted by atomic mass is 9.90. The van der Waals surface area contributed by atoms with Gasteiger partial charge in [0, 0.05) is 16.6 Å². The summed E-state index contributed by atoms with van der Waals surface area (Å²) in [4.78, 5) is 25.1. The summed E-state index contributed by atoms with van der Waals surface area (Å²) < 4.78 is 5.20. The quantitative estimate of drug-likeness (QED) is 0.718. The molecule has 7 heteroatoms. The van der Waals surface area contributed by atoms with E-state index in [0.29, 0.717) is 28.0 Å². The van der Waals surface area contributed by atoms with Crippen molar-refractivity contribution in [3.8, 4) is 5.75 Å². The maximum atomic E-state index is 12.6. The van der Waals surface area contributed by atoms with Crippen LogP contribution in [0, 0.1) is 5.41 Å². The van der Waals surface area contributed by atoms with Crippen molar-refractivity contribution in [2.24, 2.45) is 5.41 Å². The van der Waals surface area contributed by atoms with E-state index >= 15 is 0 Å². The predicted molar refractivity (Wildman–Crippen MR) is 104 cm³/mol. The van der Waals surface area contributed by atoms with Gasteiger partial charge in [-0.1, -0.05) is 35.3 Å². The Morgan fingerprint density at radius 3 is 2.23 bits per heavy atom. The first-order valence-corrected chi connectivity index (χ1v) is 8.67. The number of carbonyl (C=O) groups is 2. The lowest BCUT2D eigenvalue weighted by Gasteiger charge is -2.23. The van der Waals surface area contributed by atoms with Crippen molar-refractivity contribution >= 4 is 40.7 Å². The third kappa shape index (κ3) is 4.90. The molecule has 0 atom stereocenters. The van der Waals surface area contributed by atoms with E-state index in [9.17, 15) is 9.59 Å². The fourth-order valence-corrected chi connectivity index (χ4v) is 2.46. The van der Waals surface area contributed by atoms with Crippen molar-refractivity contribution in [1.82, 2.24) is 5.32 Å². The molecule has 2 amide bonds. The number of ether oxygens (including phenoxy) is 1. The minimum atomic E-state index is -1.29. The van der Waals surface area contributed by atoms with E-state index < -0.39 is 17.2 Å². The molecule has 2 aromatic rings. The van der Waals surface area contributed by atoms with Gasteiger partial charge >= 0.3 is 0 Å². The second kappa shape index (κ2) is 8.43. The van der Waals surface area contributed by atoms with Gasteiger partial charge in [-0.05, 0) is 49.7 Å². The summed E-state index contributed by atoms with van der Waals surface area (Å²) in [5.41, 5.74) is -0.00113. The number of hydrogen-bond acceptors (Lipinski definition) is 3. The molecule has 0 fully saturated rings. The zero-order valence-electron chi connectivity index (χ0n) is 14.7. The second-order valence-electron chi connectivity index (χ2n) is 6.23. The maximum absolute atomic E-state index is 12.6. The van der Waals surface area contributed by atoms with Crippen LogP contribution in [0.3, 0.4) is 0 Å². The fraction of sp³-hybridized carbons (Fsp3) is 0.263. The number of hydrogen-bond donors (Lipinski definition) is 2. The van der Waals surface area contributed by atoms with Crippen LogP contribution in [0.4, 0.5) is 5.69 Å². The number of benzene rings is 2. The average molecular weight is 395 g/mol. The van der Waals surface area contributed by atoms with Crippen LogP contribution in [0.2, 0.25) is 10.0 Å². The maximum Gasteiger partial charge on any atom is 0.239 e. The predicted octanol–water partition coefficient (Wildman–Crippen LogP) is 4.28. The molecule has 0 aliphatic rings. The van der Waals surface area contributed by atoms with Crippen LogP contribution in [0.25, 0.3) is 0 Å². The SMILES string of the molecule is COc1ccc(Cl)cc1NC(=O)C(C)(C)C(=O)NCc1ccc(Cl)cc1. The van der Waals surface area contributed by atoms with Gasteiger partial charge in [0.05, 0.1) is 12.8 Å². The Hall–Kier alpha value is -2.24. The average Bonchev–Trinajstić information content (AvgIpc) is 2.61. The molecule has 0 heterocycles. The molecule has 0 saturated heterocycles. The molecule has 0 aromatic heterocycles. The number of carbonyl (C=O) groups excluding carboxylic acids is 2. The van der Waals surface area contributed by atoms with Gasteiger partial charge in [-0.25, -0.2) is 0 Å². The molecule has 2 rings (SSSR count). The number of amides is 2. The summed E-state index contributed by atoms with van der Waals surface area (Å²) in [6.45, 7) is 3.40. The summed E-state index contributed by atoms with van der Waals surface area (Å²) in [6, 6.07) is 12.0. The molecule has 2 N–H and O–H groups in total.